The van der Waals surface area contributed by atoms with Gasteiger partial charge < -0.3 is 33.3 Å². The minimum Gasteiger partial charge on any atom is -0.545 e. The Morgan fingerprint density at radius 1 is 0.492 bits per heavy atom. The molecule has 0 rings (SSSR count). The van der Waals surface area contributed by atoms with Gasteiger partial charge in [0.2, 0.25) is 0 Å². The molecule has 0 spiro atoms. The van der Waals surface area contributed by atoms with Crippen molar-refractivity contribution in [1.82, 2.24) is 0 Å². The lowest BCUT2D eigenvalue weighted by Crippen LogP contribution is -2.44. The summed E-state index contributed by atoms with van der Waals surface area (Å²) in [6, 6.07) is 0. The van der Waals surface area contributed by atoms with Crippen molar-refractivity contribution in [2.75, 3.05) is 47.5 Å². The Balaban J connectivity index is 4.42. The van der Waals surface area contributed by atoms with Gasteiger partial charge in [0.1, 0.15) is 13.2 Å². The first-order chi connectivity index (χ1) is 30.6. The summed E-state index contributed by atoms with van der Waals surface area (Å²) in [6.45, 7) is 4.58. The Labute approximate surface area is 386 Å². The number of carboxylic acid groups (broad SMARTS) is 1. The maximum atomic E-state index is 12.8. The van der Waals surface area contributed by atoms with Gasteiger partial charge in [-0.05, 0) is 83.5 Å². The highest BCUT2D eigenvalue weighted by Gasteiger charge is 2.21. The molecule has 0 aromatic rings. The summed E-state index contributed by atoms with van der Waals surface area (Å²) < 4.78 is 22.6. The summed E-state index contributed by atoms with van der Waals surface area (Å²) in [7, 11) is 5.90. The van der Waals surface area contributed by atoms with E-state index in [-0.39, 0.29) is 38.6 Å². The topological polar surface area (TPSA) is 111 Å². The average molecular weight is 884 g/mol. The number of unbranched alkanes of at least 4 members (excludes halogenated alkanes) is 18. The van der Waals surface area contributed by atoms with Crippen LogP contribution in [-0.4, -0.2) is 82.3 Å². The van der Waals surface area contributed by atoms with E-state index in [1.54, 1.807) is 0 Å². The van der Waals surface area contributed by atoms with Crippen molar-refractivity contribution in [3.8, 4) is 0 Å². The van der Waals surface area contributed by atoms with Crippen LogP contribution in [0.15, 0.2) is 72.9 Å². The molecule has 0 aliphatic heterocycles. The number of likely N-dealkylation sites (N-methyl/N-ethyl adjacent to an activating group) is 1. The quantitative estimate of drug-likeness (QED) is 0.0195. The fourth-order valence-electron chi connectivity index (χ4n) is 6.56. The number of quaternary nitrogens is 1. The van der Waals surface area contributed by atoms with Crippen LogP contribution in [0.3, 0.4) is 0 Å². The van der Waals surface area contributed by atoms with Gasteiger partial charge in [-0.2, -0.15) is 0 Å². The second-order valence-corrected chi connectivity index (χ2v) is 17.7. The van der Waals surface area contributed by atoms with Gasteiger partial charge in [-0.3, -0.25) is 9.59 Å². The zero-order valence-electron chi connectivity index (χ0n) is 40.9. The number of nitrogens with zero attached hydrogens (tertiary/aromatic N) is 1. The van der Waals surface area contributed by atoms with E-state index in [0.29, 0.717) is 17.4 Å². The second-order valence-electron chi connectivity index (χ2n) is 17.7. The molecule has 0 N–H and O–H groups in total. The molecular weight excluding hydrogens is 791 g/mol. The van der Waals surface area contributed by atoms with E-state index in [9.17, 15) is 19.5 Å². The number of hydrogen-bond acceptors (Lipinski definition) is 8. The molecule has 0 aliphatic rings. The lowest BCUT2D eigenvalue weighted by molar-refractivity contribution is -0.870. The molecule has 9 heteroatoms. The molecule has 63 heavy (non-hydrogen) atoms. The third kappa shape index (κ3) is 46.5. The first-order valence-corrected chi connectivity index (χ1v) is 25.1. The smallest absolute Gasteiger partial charge is 0.306 e. The molecule has 9 nitrogen and oxygen atoms in total. The molecule has 0 fully saturated rings. The SMILES string of the molecule is CC/C=C\C/C=C\C/C=C\CCCCCCCCCC(=O)OCC(COC(OCC[N+](C)(C)C)C(=O)[O-])OC(=O)CCCCCCCC/C=C\C/C=C\C/C=C\CCCCCCC. The molecule has 0 bridgehead atoms. The van der Waals surface area contributed by atoms with Gasteiger partial charge in [-0.15, -0.1) is 0 Å². The summed E-state index contributed by atoms with van der Waals surface area (Å²) >= 11 is 0. The highest BCUT2D eigenvalue weighted by molar-refractivity contribution is 5.70. The minimum atomic E-state index is -1.63. The first-order valence-electron chi connectivity index (χ1n) is 25.1. The number of esters is 2. The predicted molar refractivity (Wildman–Crippen MR) is 260 cm³/mol. The molecule has 0 amide bonds. The van der Waals surface area contributed by atoms with Crippen LogP contribution in [0.4, 0.5) is 0 Å². The third-order valence-corrected chi connectivity index (χ3v) is 10.4. The number of rotatable bonds is 45. The summed E-state index contributed by atoms with van der Waals surface area (Å²) in [5, 5.41) is 11.7. The summed E-state index contributed by atoms with van der Waals surface area (Å²) in [5.74, 6) is -2.32. The number of carbonyl (C=O) groups is 3. The number of hydrogen-bond donors (Lipinski definition) is 0. The van der Waals surface area contributed by atoms with Crippen LogP contribution in [0.1, 0.15) is 194 Å². The fourth-order valence-corrected chi connectivity index (χ4v) is 6.56. The second kappa shape index (κ2) is 45.3. The van der Waals surface area contributed by atoms with Crippen LogP contribution in [0.2, 0.25) is 0 Å². The van der Waals surface area contributed by atoms with E-state index in [4.69, 9.17) is 18.9 Å². The van der Waals surface area contributed by atoms with Gasteiger partial charge in [-0.1, -0.05) is 170 Å². The first kappa shape index (κ1) is 59.7. The van der Waals surface area contributed by atoms with Crippen molar-refractivity contribution >= 4 is 17.9 Å². The van der Waals surface area contributed by atoms with Gasteiger partial charge in [0.25, 0.3) is 0 Å². The summed E-state index contributed by atoms with van der Waals surface area (Å²) in [6.07, 6.45) is 53.6. The van der Waals surface area contributed by atoms with Crippen LogP contribution >= 0.6 is 0 Å². The monoisotopic (exact) mass is 884 g/mol. The molecule has 0 aromatic heterocycles. The van der Waals surface area contributed by atoms with E-state index >= 15 is 0 Å². The lowest BCUT2D eigenvalue weighted by atomic mass is 10.1. The van der Waals surface area contributed by atoms with Gasteiger partial charge in [-0.25, -0.2) is 0 Å². The Hall–Kier alpha value is -3.27. The number of aliphatic carboxylic acids is 1. The van der Waals surface area contributed by atoms with Crippen LogP contribution < -0.4 is 5.11 Å². The summed E-state index contributed by atoms with van der Waals surface area (Å²) in [5.41, 5.74) is 0. The molecule has 0 saturated heterocycles. The number of carboxylic acids is 1. The molecule has 362 valence electrons. The Kier molecular flexibility index (Phi) is 43.0. The third-order valence-electron chi connectivity index (χ3n) is 10.4. The van der Waals surface area contributed by atoms with Crippen molar-refractivity contribution in [3.63, 3.8) is 0 Å². The molecule has 0 radical (unpaired) electrons. The van der Waals surface area contributed by atoms with Crippen LogP contribution in [-0.2, 0) is 33.3 Å². The minimum absolute atomic E-state index is 0.140. The maximum absolute atomic E-state index is 12.8. The van der Waals surface area contributed by atoms with E-state index in [1.807, 2.05) is 21.1 Å². The molecular formula is C54H93NO8. The number of allylic oxidation sites excluding steroid dienone is 12. The Morgan fingerprint density at radius 2 is 0.905 bits per heavy atom. The van der Waals surface area contributed by atoms with Gasteiger partial charge in [0, 0.05) is 12.8 Å². The Bertz CT molecular complexity index is 1260. The van der Waals surface area contributed by atoms with Crippen molar-refractivity contribution in [2.45, 2.75) is 206 Å². The van der Waals surface area contributed by atoms with Crippen molar-refractivity contribution < 1.29 is 42.9 Å². The predicted octanol–water partition coefficient (Wildman–Crippen LogP) is 12.6. The molecule has 0 saturated carbocycles. The van der Waals surface area contributed by atoms with E-state index in [2.05, 4.69) is 86.8 Å². The lowest BCUT2D eigenvalue weighted by Gasteiger charge is -2.26. The maximum Gasteiger partial charge on any atom is 0.306 e. The standard InChI is InChI=1S/C54H93NO8/c1-6-8-10-12-14-16-18-20-22-24-25-26-27-29-31-33-35-37-39-41-43-45-52(57)63-50(49-62-54(53(58)59)60-47-46-55(3,4)5)48-61-51(56)44-42-40-38-36-34-32-30-28-23-21-19-17-15-13-11-9-7-2/h9,11,15,17-18,20-21,23-25,27,29,50,54H,6-8,10,12-14,16,19,22,26,28,30-49H2,1-5H3/b11-9-,17-15-,20-18-,23-21-,25-24-,29-27-. The van der Waals surface area contributed by atoms with E-state index < -0.39 is 24.3 Å². The molecule has 2 atom stereocenters. The fraction of sp³-hybridized carbons (Fsp3) is 0.722. The zero-order chi connectivity index (χ0) is 46.3. The normalized spacial score (nSPS) is 13.5. The molecule has 0 aliphatic carbocycles. The van der Waals surface area contributed by atoms with Crippen LogP contribution in [0, 0.1) is 0 Å². The molecule has 0 heterocycles. The number of carbonyl (C=O) groups excluding carboxylic acids is 3. The van der Waals surface area contributed by atoms with Crippen molar-refractivity contribution in [3.05, 3.63) is 72.9 Å². The highest BCUT2D eigenvalue weighted by atomic mass is 16.7. The van der Waals surface area contributed by atoms with Crippen LogP contribution in [0.5, 0.6) is 0 Å². The zero-order valence-corrected chi connectivity index (χ0v) is 40.9. The van der Waals surface area contributed by atoms with Gasteiger partial charge >= 0.3 is 11.9 Å². The number of ether oxygens (including phenoxy) is 4. The summed E-state index contributed by atoms with van der Waals surface area (Å²) in [4.78, 5) is 37.1. The largest absolute Gasteiger partial charge is 0.545 e. The van der Waals surface area contributed by atoms with E-state index in [0.717, 1.165) is 103 Å². The molecule has 0 aromatic carbocycles. The van der Waals surface area contributed by atoms with E-state index in [1.165, 1.54) is 57.8 Å². The molecule has 2 unspecified atom stereocenters. The van der Waals surface area contributed by atoms with Gasteiger partial charge in [0.05, 0.1) is 40.3 Å². The average Bonchev–Trinajstić information content (AvgIpc) is 3.24. The highest BCUT2D eigenvalue weighted by Crippen LogP contribution is 2.13. The van der Waals surface area contributed by atoms with Crippen molar-refractivity contribution in [1.29, 1.82) is 0 Å². The van der Waals surface area contributed by atoms with Gasteiger partial charge in [0.15, 0.2) is 12.4 Å². The van der Waals surface area contributed by atoms with Crippen molar-refractivity contribution in [2.24, 2.45) is 0 Å². The Morgan fingerprint density at radius 3 is 1.35 bits per heavy atom. The van der Waals surface area contributed by atoms with Crippen LogP contribution in [0.25, 0.3) is 0 Å².